The Morgan fingerprint density at radius 1 is 1.21 bits per heavy atom. The summed E-state index contributed by atoms with van der Waals surface area (Å²) in [5.74, 6) is 0.300. The van der Waals surface area contributed by atoms with Gasteiger partial charge in [-0.25, -0.2) is 0 Å². The monoisotopic (exact) mass is 249 g/mol. The number of fused-ring (bicyclic) bond motifs is 2. The summed E-state index contributed by atoms with van der Waals surface area (Å²) in [6.07, 6.45) is 0.910. The van der Waals surface area contributed by atoms with Crippen LogP contribution in [0.2, 0.25) is 0 Å². The van der Waals surface area contributed by atoms with Crippen LogP contribution in [0.4, 0.5) is 0 Å². The molecule has 0 bridgehead atoms. The molecule has 1 atom stereocenters. The minimum absolute atomic E-state index is 0.373. The molecule has 1 aliphatic heterocycles. The molecule has 3 heteroatoms. The van der Waals surface area contributed by atoms with E-state index >= 15 is 0 Å². The fourth-order valence-corrected chi connectivity index (χ4v) is 2.43. The lowest BCUT2D eigenvalue weighted by atomic mass is 9.89. The van der Waals surface area contributed by atoms with Gasteiger partial charge in [-0.2, -0.15) is 5.26 Å². The van der Waals surface area contributed by atoms with Gasteiger partial charge in [-0.1, -0.05) is 24.3 Å². The summed E-state index contributed by atoms with van der Waals surface area (Å²) in [5.41, 5.74) is 3.26. The molecule has 0 saturated heterocycles. The SMILES string of the molecule is N#Cc1ccc2c(c1)[C@@H](C=O)c1ccccc1CO2. The van der Waals surface area contributed by atoms with Crippen molar-refractivity contribution in [2.45, 2.75) is 12.5 Å². The predicted molar refractivity (Wildman–Crippen MR) is 69.8 cm³/mol. The molecular weight excluding hydrogens is 238 g/mol. The average Bonchev–Trinajstić information content (AvgIpc) is 2.62. The number of ether oxygens (including phenoxy) is 1. The quantitative estimate of drug-likeness (QED) is 0.730. The van der Waals surface area contributed by atoms with Gasteiger partial charge in [0.15, 0.2) is 0 Å². The van der Waals surface area contributed by atoms with Crippen LogP contribution in [0.15, 0.2) is 42.5 Å². The van der Waals surface area contributed by atoms with E-state index in [0.29, 0.717) is 17.9 Å². The van der Waals surface area contributed by atoms with E-state index < -0.39 is 0 Å². The molecule has 0 aliphatic carbocycles. The van der Waals surface area contributed by atoms with Crippen LogP contribution in [-0.4, -0.2) is 6.29 Å². The average molecular weight is 249 g/mol. The molecule has 0 N–H and O–H groups in total. The smallest absolute Gasteiger partial charge is 0.132 e. The first-order chi connectivity index (χ1) is 9.33. The van der Waals surface area contributed by atoms with E-state index in [1.165, 1.54) is 0 Å². The minimum Gasteiger partial charge on any atom is -0.489 e. The second kappa shape index (κ2) is 4.58. The Morgan fingerprint density at radius 3 is 2.84 bits per heavy atom. The summed E-state index contributed by atoms with van der Waals surface area (Å²) in [5, 5.41) is 8.98. The first kappa shape index (κ1) is 11.5. The third-order valence-electron chi connectivity index (χ3n) is 3.38. The van der Waals surface area contributed by atoms with E-state index in [1.54, 1.807) is 18.2 Å². The maximum Gasteiger partial charge on any atom is 0.132 e. The van der Waals surface area contributed by atoms with Gasteiger partial charge in [0.05, 0.1) is 17.6 Å². The fraction of sp³-hybridized carbons (Fsp3) is 0.125. The molecule has 0 aromatic heterocycles. The van der Waals surface area contributed by atoms with E-state index in [1.807, 2.05) is 24.3 Å². The first-order valence-corrected chi connectivity index (χ1v) is 6.03. The molecule has 0 amide bonds. The van der Waals surface area contributed by atoms with Crippen LogP contribution in [0, 0.1) is 11.3 Å². The molecule has 1 aliphatic rings. The van der Waals surface area contributed by atoms with Crippen LogP contribution in [0.5, 0.6) is 5.75 Å². The zero-order valence-corrected chi connectivity index (χ0v) is 10.2. The Morgan fingerprint density at radius 2 is 2.05 bits per heavy atom. The van der Waals surface area contributed by atoms with Crippen molar-refractivity contribution in [3.63, 3.8) is 0 Å². The summed E-state index contributed by atoms with van der Waals surface area (Å²) in [6.45, 7) is 0.444. The Kier molecular flexibility index (Phi) is 2.77. The number of hydrogen-bond acceptors (Lipinski definition) is 3. The largest absolute Gasteiger partial charge is 0.489 e. The third-order valence-corrected chi connectivity index (χ3v) is 3.38. The molecule has 19 heavy (non-hydrogen) atoms. The van der Waals surface area contributed by atoms with Crippen molar-refractivity contribution >= 4 is 6.29 Å². The van der Waals surface area contributed by atoms with E-state index in [0.717, 1.165) is 23.0 Å². The van der Waals surface area contributed by atoms with E-state index in [-0.39, 0.29) is 5.92 Å². The number of carbonyl (C=O) groups is 1. The number of carbonyl (C=O) groups excluding carboxylic acids is 1. The number of rotatable bonds is 1. The Balaban J connectivity index is 2.22. The van der Waals surface area contributed by atoms with Gasteiger partial charge < -0.3 is 9.53 Å². The third kappa shape index (κ3) is 1.88. The molecule has 0 fully saturated rings. The summed E-state index contributed by atoms with van der Waals surface area (Å²) in [4.78, 5) is 11.5. The molecule has 2 aromatic rings. The Bertz CT molecular complexity index is 685. The fourth-order valence-electron chi connectivity index (χ4n) is 2.43. The maximum absolute atomic E-state index is 11.5. The molecule has 1 heterocycles. The molecule has 3 rings (SSSR count). The van der Waals surface area contributed by atoms with Crippen molar-refractivity contribution in [3.05, 3.63) is 64.7 Å². The van der Waals surface area contributed by atoms with Gasteiger partial charge >= 0.3 is 0 Å². The molecule has 92 valence electrons. The van der Waals surface area contributed by atoms with Crippen LogP contribution in [0.3, 0.4) is 0 Å². The summed E-state index contributed by atoms with van der Waals surface area (Å²) in [6, 6.07) is 15.0. The zero-order valence-electron chi connectivity index (χ0n) is 10.2. The highest BCUT2D eigenvalue weighted by Gasteiger charge is 2.24. The van der Waals surface area contributed by atoms with Crippen LogP contribution in [-0.2, 0) is 11.4 Å². The second-order valence-electron chi connectivity index (χ2n) is 4.47. The molecule has 2 aromatic carbocycles. The summed E-state index contributed by atoms with van der Waals surface area (Å²) in [7, 11) is 0. The van der Waals surface area contributed by atoms with Crippen molar-refractivity contribution < 1.29 is 9.53 Å². The summed E-state index contributed by atoms with van der Waals surface area (Å²) >= 11 is 0. The van der Waals surface area contributed by atoms with Crippen molar-refractivity contribution in [2.75, 3.05) is 0 Å². The van der Waals surface area contributed by atoms with Crippen LogP contribution in [0.1, 0.15) is 28.2 Å². The van der Waals surface area contributed by atoms with Gasteiger partial charge in [-0.3, -0.25) is 0 Å². The number of nitrogens with zero attached hydrogens (tertiary/aromatic N) is 1. The maximum atomic E-state index is 11.5. The van der Waals surface area contributed by atoms with Crippen molar-refractivity contribution in [2.24, 2.45) is 0 Å². The number of benzene rings is 2. The molecule has 0 unspecified atom stereocenters. The highest BCUT2D eigenvalue weighted by atomic mass is 16.5. The summed E-state index contributed by atoms with van der Waals surface area (Å²) < 4.78 is 5.74. The van der Waals surface area contributed by atoms with E-state index in [4.69, 9.17) is 10.00 Å². The lowest BCUT2D eigenvalue weighted by Crippen LogP contribution is -2.03. The van der Waals surface area contributed by atoms with Crippen LogP contribution in [0.25, 0.3) is 0 Å². The number of nitriles is 1. The van der Waals surface area contributed by atoms with Gasteiger partial charge in [-0.15, -0.1) is 0 Å². The van der Waals surface area contributed by atoms with Gasteiger partial charge in [-0.05, 0) is 29.3 Å². The Hall–Kier alpha value is -2.60. The highest BCUT2D eigenvalue weighted by molar-refractivity contribution is 5.72. The lowest BCUT2D eigenvalue weighted by Gasteiger charge is -2.12. The molecule has 3 nitrogen and oxygen atoms in total. The lowest BCUT2D eigenvalue weighted by molar-refractivity contribution is -0.108. The van der Waals surface area contributed by atoms with E-state index in [2.05, 4.69) is 6.07 Å². The van der Waals surface area contributed by atoms with Gasteiger partial charge in [0.2, 0.25) is 0 Å². The van der Waals surface area contributed by atoms with Crippen molar-refractivity contribution in [1.29, 1.82) is 5.26 Å². The molecule has 0 radical (unpaired) electrons. The predicted octanol–water partition coefficient (Wildman–Crippen LogP) is 2.78. The van der Waals surface area contributed by atoms with Crippen LogP contribution < -0.4 is 4.74 Å². The molecular formula is C16H11NO2. The topological polar surface area (TPSA) is 50.1 Å². The Labute approximate surface area is 111 Å². The molecule has 0 saturated carbocycles. The standard InChI is InChI=1S/C16H11NO2/c17-8-11-5-6-16-14(7-11)15(9-18)13-4-2-1-3-12(13)10-19-16/h1-7,9,15H,10H2/t15-/m0/s1. The normalized spacial score (nSPS) is 16.3. The van der Waals surface area contributed by atoms with Gasteiger partial charge in [0.1, 0.15) is 18.6 Å². The highest BCUT2D eigenvalue weighted by Crippen LogP contribution is 2.36. The number of hydrogen-bond donors (Lipinski definition) is 0. The van der Waals surface area contributed by atoms with Crippen molar-refractivity contribution in [3.8, 4) is 11.8 Å². The first-order valence-electron chi connectivity index (χ1n) is 6.03. The van der Waals surface area contributed by atoms with Crippen molar-refractivity contribution in [1.82, 2.24) is 0 Å². The van der Waals surface area contributed by atoms with Gasteiger partial charge in [0.25, 0.3) is 0 Å². The zero-order chi connectivity index (χ0) is 13.2. The van der Waals surface area contributed by atoms with Gasteiger partial charge in [0, 0.05) is 5.56 Å². The minimum atomic E-state index is -0.373. The second-order valence-corrected chi connectivity index (χ2v) is 4.47. The van der Waals surface area contributed by atoms with E-state index in [9.17, 15) is 4.79 Å². The molecule has 0 spiro atoms. The van der Waals surface area contributed by atoms with Crippen LogP contribution >= 0.6 is 0 Å². The number of aldehydes is 1.